The Kier molecular flexibility index (Phi) is 2.82. The van der Waals surface area contributed by atoms with E-state index in [1.54, 1.807) is 4.82 Å². The molecule has 3 heteroatoms. The Morgan fingerprint density at radius 3 is 1.60 bits per heavy atom. The second-order valence-corrected chi connectivity index (χ2v) is 7.10. The van der Waals surface area contributed by atoms with E-state index >= 15 is 0 Å². The van der Waals surface area contributed by atoms with E-state index in [4.69, 9.17) is 0 Å². The third kappa shape index (κ3) is 4.39. The lowest BCUT2D eigenvalue weighted by molar-refractivity contribution is 2.35. The summed E-state index contributed by atoms with van der Waals surface area (Å²) in [6.07, 6.45) is 0. The predicted molar refractivity (Wildman–Crippen MR) is 37.9 cm³/mol. The van der Waals surface area contributed by atoms with Gasteiger partial charge in [-0.3, -0.25) is 0 Å². The van der Waals surface area contributed by atoms with Crippen LogP contribution < -0.4 is 0 Å². The van der Waals surface area contributed by atoms with Crippen molar-refractivity contribution in [2.75, 3.05) is 0 Å². The van der Waals surface area contributed by atoms with Crippen molar-refractivity contribution < 1.29 is 0 Å². The molecule has 0 aliphatic heterocycles. The zero-order chi connectivity index (χ0) is 4.28. The lowest BCUT2D eigenvalue weighted by atomic mass is 11.2. The van der Waals surface area contributed by atoms with Gasteiger partial charge in [-0.1, -0.05) is 0 Å². The Hall–Kier alpha value is 0.391. The van der Waals surface area contributed by atoms with Crippen LogP contribution in [0.25, 0.3) is 0 Å². The molecular formula is C2H10Si3. The molecule has 0 rings (SSSR count). The number of rotatable bonds is 0. The van der Waals surface area contributed by atoms with Crippen molar-refractivity contribution in [1.82, 2.24) is 0 Å². The fraction of sp³-hybridized carbons (Fsp3) is 0. The minimum atomic E-state index is 1.28. The average Bonchev–Trinajstić information content (AvgIpc) is 1.38. The largest absolute Gasteiger partial charge is 0.119 e. The van der Waals surface area contributed by atoms with Crippen molar-refractivity contribution in [2.45, 2.75) is 0 Å². The number of hydrogen-bond donors (Lipinski definition) is 0. The van der Waals surface area contributed by atoms with Gasteiger partial charge < -0.3 is 0 Å². The molecular weight excluding hydrogens is 108 g/mol. The summed E-state index contributed by atoms with van der Waals surface area (Å²) in [4.78, 5) is 1.72. The molecule has 0 fully saturated rings. The first-order valence-electron chi connectivity index (χ1n) is 1.87. The Morgan fingerprint density at radius 1 is 1.40 bits per heavy atom. The van der Waals surface area contributed by atoms with Crippen LogP contribution in [0.2, 0.25) is 0 Å². The van der Waals surface area contributed by atoms with Gasteiger partial charge in [0.05, 0.1) is 0 Å². The van der Waals surface area contributed by atoms with E-state index in [1.807, 2.05) is 0 Å². The van der Waals surface area contributed by atoms with Gasteiger partial charge in [0.1, 0.15) is 0 Å². The first kappa shape index (κ1) is 5.39. The average molecular weight is 118 g/mol. The van der Waals surface area contributed by atoms with Crippen LogP contribution in [0.5, 0.6) is 0 Å². The second-order valence-electron chi connectivity index (χ2n) is 1.37. The molecule has 0 radical (unpaired) electrons. The summed E-state index contributed by atoms with van der Waals surface area (Å²) in [5.74, 6) is 0. The number of hydrogen-bond acceptors (Lipinski definition) is 0. The van der Waals surface area contributed by atoms with Gasteiger partial charge >= 0.3 is 0 Å². The first-order valence-corrected chi connectivity index (χ1v) is 5.02. The summed E-state index contributed by atoms with van der Waals surface area (Å²) in [6.45, 7) is 0. The van der Waals surface area contributed by atoms with Crippen LogP contribution in [-0.4, -0.2) is 30.7 Å². The minimum Gasteiger partial charge on any atom is -0.119 e. The Labute approximate surface area is 41.9 Å². The molecule has 0 N–H and O–H groups in total. The van der Waals surface area contributed by atoms with Crippen molar-refractivity contribution in [3.8, 4) is 0 Å². The molecule has 0 heterocycles. The van der Waals surface area contributed by atoms with Crippen molar-refractivity contribution in [3.63, 3.8) is 0 Å². The van der Waals surface area contributed by atoms with Crippen LogP contribution in [-0.2, 0) is 0 Å². The summed E-state index contributed by atoms with van der Waals surface area (Å²) < 4.78 is 0. The molecule has 0 saturated carbocycles. The molecule has 0 amide bonds. The lowest BCUT2D eigenvalue weighted by Gasteiger charge is -1.73. The highest BCUT2D eigenvalue weighted by atomic mass is 28.2. The topological polar surface area (TPSA) is 0 Å². The summed E-state index contributed by atoms with van der Waals surface area (Å²) in [5.41, 5.74) is 2.35. The zero-order valence-electron chi connectivity index (χ0n) is 4.08. The second kappa shape index (κ2) is 2.62. The van der Waals surface area contributed by atoms with E-state index in [-0.39, 0.29) is 0 Å². The van der Waals surface area contributed by atoms with Crippen LogP contribution in [0, 0.1) is 0 Å². The van der Waals surface area contributed by atoms with Gasteiger partial charge in [0.2, 0.25) is 0 Å². The smallest absolute Gasteiger partial charge is 0.0279 e. The summed E-state index contributed by atoms with van der Waals surface area (Å²) >= 11 is 0. The van der Waals surface area contributed by atoms with E-state index in [1.165, 1.54) is 30.7 Å². The summed E-state index contributed by atoms with van der Waals surface area (Å²) in [7, 11) is 3.94. The summed E-state index contributed by atoms with van der Waals surface area (Å²) in [5, 5.41) is 0. The molecule has 0 bridgehead atoms. The minimum absolute atomic E-state index is 1.28. The third-order valence-electron chi connectivity index (χ3n) is 0.577. The molecule has 0 aliphatic rings. The van der Waals surface area contributed by atoms with E-state index in [0.29, 0.717) is 0 Å². The van der Waals surface area contributed by atoms with Crippen LogP contribution >= 0.6 is 0 Å². The fourth-order valence-electron chi connectivity index (χ4n) is 0. The van der Waals surface area contributed by atoms with Gasteiger partial charge in [-0.2, -0.15) is 0 Å². The molecule has 0 aromatic heterocycles. The molecule has 0 saturated heterocycles. The highest BCUT2D eigenvalue weighted by Crippen LogP contribution is 1.65. The van der Waals surface area contributed by atoms with Crippen molar-refractivity contribution in [2.24, 2.45) is 0 Å². The molecule has 0 spiro atoms. The van der Waals surface area contributed by atoms with E-state index in [9.17, 15) is 0 Å². The fourth-order valence-corrected chi connectivity index (χ4v) is 0. The molecule has 5 heavy (non-hydrogen) atoms. The van der Waals surface area contributed by atoms with Crippen molar-refractivity contribution in [3.05, 3.63) is 10.5 Å². The molecule has 0 unspecified atom stereocenters. The van der Waals surface area contributed by atoms with Crippen LogP contribution in [0.4, 0.5) is 0 Å². The van der Waals surface area contributed by atoms with Crippen LogP contribution in [0.3, 0.4) is 0 Å². The van der Waals surface area contributed by atoms with E-state index in [0.717, 1.165) is 0 Å². The van der Waals surface area contributed by atoms with Gasteiger partial charge in [-0.25, -0.2) is 0 Å². The summed E-state index contributed by atoms with van der Waals surface area (Å²) in [6, 6.07) is 0. The molecule has 0 aliphatic carbocycles. The van der Waals surface area contributed by atoms with Gasteiger partial charge in [-0.05, 0) is 0 Å². The third-order valence-corrected chi connectivity index (χ3v) is 5.20. The van der Waals surface area contributed by atoms with Crippen LogP contribution in [0.15, 0.2) is 10.5 Å². The molecule has 0 atom stereocenters. The Bertz CT molecular complexity index is 42.9. The van der Waals surface area contributed by atoms with Crippen LogP contribution in [0.1, 0.15) is 0 Å². The zero-order valence-corrected chi connectivity index (χ0v) is 10.1. The lowest BCUT2D eigenvalue weighted by Crippen LogP contribution is -1.74. The van der Waals surface area contributed by atoms with Crippen molar-refractivity contribution in [1.29, 1.82) is 0 Å². The monoisotopic (exact) mass is 118 g/mol. The molecule has 30 valence electrons. The molecule has 0 nitrogen and oxygen atoms in total. The normalized spacial score (nSPS) is 8.80. The van der Waals surface area contributed by atoms with Gasteiger partial charge in [0.15, 0.2) is 0 Å². The first-order chi connectivity index (χ1) is 2.27. The van der Waals surface area contributed by atoms with Gasteiger partial charge in [0.25, 0.3) is 0 Å². The predicted octanol–water partition coefficient (Wildman–Crippen LogP) is -3.12. The standard InChI is InChI=1S/C2H10Si3/c3-1-2(4)5/h1H,3-5H3. The van der Waals surface area contributed by atoms with E-state index < -0.39 is 0 Å². The highest BCUT2D eigenvalue weighted by Gasteiger charge is 1.61. The highest BCUT2D eigenvalue weighted by molar-refractivity contribution is 6.50. The molecule has 0 aromatic carbocycles. The quantitative estimate of drug-likeness (QED) is 0.295. The maximum atomic E-state index is 2.35. The van der Waals surface area contributed by atoms with Gasteiger partial charge in [0, 0.05) is 30.7 Å². The Balaban J connectivity index is 3.14. The van der Waals surface area contributed by atoms with Gasteiger partial charge in [-0.15, -0.1) is 10.5 Å². The maximum Gasteiger partial charge on any atom is 0.0279 e. The van der Waals surface area contributed by atoms with Crippen molar-refractivity contribution >= 4 is 30.7 Å². The Morgan fingerprint density at radius 2 is 1.60 bits per heavy atom. The SMILES string of the molecule is [SiH3]C=C([SiH3])[SiH3]. The maximum absolute atomic E-state index is 2.35. The van der Waals surface area contributed by atoms with E-state index in [2.05, 4.69) is 5.70 Å². The molecule has 0 aromatic rings.